The molecule has 3 atom stereocenters. The van der Waals surface area contributed by atoms with E-state index >= 15 is 0 Å². The van der Waals surface area contributed by atoms with Crippen LogP contribution in [0.15, 0.2) is 20.9 Å². The summed E-state index contributed by atoms with van der Waals surface area (Å²) in [5, 5.41) is 3.61. The van der Waals surface area contributed by atoms with Crippen LogP contribution in [0.3, 0.4) is 0 Å². The molecule has 0 spiro atoms. The number of nitrogens with zero attached hydrogens (tertiary/aromatic N) is 4. The van der Waals surface area contributed by atoms with Crippen molar-refractivity contribution in [3.63, 3.8) is 0 Å². The summed E-state index contributed by atoms with van der Waals surface area (Å²) in [6.07, 6.45) is -0.769. The highest BCUT2D eigenvalue weighted by atomic mass is 16.7. The van der Waals surface area contributed by atoms with Gasteiger partial charge in [-0.3, -0.25) is 14.3 Å². The Balaban J connectivity index is 2.16. The minimum Gasteiger partial charge on any atom is -0.435 e. The van der Waals surface area contributed by atoms with E-state index in [1.165, 1.54) is 10.8 Å². The summed E-state index contributed by atoms with van der Waals surface area (Å²) in [5.74, 6) is 0. The van der Waals surface area contributed by atoms with Crippen molar-refractivity contribution in [1.29, 1.82) is 0 Å². The van der Waals surface area contributed by atoms with Crippen LogP contribution in [-0.2, 0) is 14.2 Å². The molecule has 24 heavy (non-hydrogen) atoms. The Bertz CT molecular complexity index is 765. The summed E-state index contributed by atoms with van der Waals surface area (Å²) in [4.78, 5) is 39.5. The molecule has 1 N–H and O–H groups in total. The predicted octanol–water partition coefficient (Wildman–Crippen LogP) is 0.985. The molecule has 1 fully saturated rings. The summed E-state index contributed by atoms with van der Waals surface area (Å²) < 4.78 is 16.4. The van der Waals surface area contributed by atoms with Crippen LogP contribution >= 0.6 is 0 Å². The van der Waals surface area contributed by atoms with Gasteiger partial charge in [-0.25, -0.2) is 9.59 Å². The molecule has 0 unspecified atom stereocenters. The summed E-state index contributed by atoms with van der Waals surface area (Å²) in [5.41, 5.74) is 7.87. The first-order valence-electron chi connectivity index (χ1n) is 7.27. The first-order chi connectivity index (χ1) is 11.5. The van der Waals surface area contributed by atoms with E-state index in [1.54, 1.807) is 13.8 Å². The molecule has 0 radical (unpaired) electrons. The van der Waals surface area contributed by atoms with E-state index in [-0.39, 0.29) is 19.6 Å². The number of carbonyl (C=O) groups excluding carboxylic acids is 1. The quantitative estimate of drug-likeness (QED) is 0.366. The van der Waals surface area contributed by atoms with Crippen LogP contribution in [0.25, 0.3) is 10.4 Å². The van der Waals surface area contributed by atoms with Crippen LogP contribution in [0.2, 0.25) is 0 Å². The summed E-state index contributed by atoms with van der Waals surface area (Å²) in [6, 6.07) is -0.631. The number of rotatable bonds is 5. The third kappa shape index (κ3) is 3.94. The van der Waals surface area contributed by atoms with Crippen molar-refractivity contribution in [2.24, 2.45) is 5.11 Å². The number of carbonyl (C=O) groups is 1. The van der Waals surface area contributed by atoms with Crippen LogP contribution in [0.1, 0.15) is 25.1 Å². The average molecular weight is 339 g/mol. The molecular weight excluding hydrogens is 322 g/mol. The van der Waals surface area contributed by atoms with Gasteiger partial charge in [-0.05, 0) is 19.4 Å². The van der Waals surface area contributed by atoms with Crippen molar-refractivity contribution in [3.8, 4) is 0 Å². The van der Waals surface area contributed by atoms with E-state index in [2.05, 4.69) is 19.7 Å². The van der Waals surface area contributed by atoms with Crippen molar-refractivity contribution in [3.05, 3.63) is 43.0 Å². The fourth-order valence-corrected chi connectivity index (χ4v) is 2.33. The number of nitrogens with one attached hydrogen (secondary N) is 1. The van der Waals surface area contributed by atoms with Crippen LogP contribution in [0, 0.1) is 6.92 Å². The molecule has 11 nitrogen and oxygen atoms in total. The Kier molecular flexibility index (Phi) is 5.61. The molecule has 0 aliphatic carbocycles. The fraction of sp³-hybridized carbons (Fsp3) is 0.615. The Morgan fingerprint density at radius 2 is 2.29 bits per heavy atom. The Labute approximate surface area is 135 Å². The molecule has 2 heterocycles. The maximum Gasteiger partial charge on any atom is 0.508 e. The van der Waals surface area contributed by atoms with E-state index in [4.69, 9.17) is 15.0 Å². The number of H-pyrrole nitrogens is 1. The number of ether oxygens (including phenoxy) is 3. The molecule has 1 aromatic heterocycles. The lowest BCUT2D eigenvalue weighted by Crippen LogP contribution is -2.33. The molecule has 2 rings (SSSR count). The van der Waals surface area contributed by atoms with E-state index in [1.807, 2.05) is 0 Å². The van der Waals surface area contributed by atoms with Gasteiger partial charge in [-0.15, -0.1) is 0 Å². The normalized spacial score (nSPS) is 22.7. The number of aromatic nitrogens is 2. The van der Waals surface area contributed by atoms with Gasteiger partial charge in [0.15, 0.2) is 0 Å². The highest BCUT2D eigenvalue weighted by Gasteiger charge is 2.37. The first-order valence-corrected chi connectivity index (χ1v) is 7.27. The van der Waals surface area contributed by atoms with Gasteiger partial charge in [0.2, 0.25) is 0 Å². The van der Waals surface area contributed by atoms with E-state index < -0.39 is 35.8 Å². The van der Waals surface area contributed by atoms with Crippen LogP contribution < -0.4 is 11.2 Å². The number of hydrogen-bond acceptors (Lipinski definition) is 7. The smallest absolute Gasteiger partial charge is 0.435 e. The van der Waals surface area contributed by atoms with Gasteiger partial charge in [-0.2, -0.15) is 0 Å². The second kappa shape index (κ2) is 7.66. The van der Waals surface area contributed by atoms with Crippen LogP contribution in [0.5, 0.6) is 0 Å². The molecule has 0 bridgehead atoms. The Morgan fingerprint density at radius 3 is 2.96 bits per heavy atom. The number of aromatic amines is 1. The van der Waals surface area contributed by atoms with Crippen molar-refractivity contribution in [2.45, 2.75) is 38.6 Å². The van der Waals surface area contributed by atoms with Crippen molar-refractivity contribution < 1.29 is 19.0 Å². The zero-order valence-corrected chi connectivity index (χ0v) is 13.2. The highest BCUT2D eigenvalue weighted by molar-refractivity contribution is 5.59. The molecule has 0 aromatic carbocycles. The fourth-order valence-electron chi connectivity index (χ4n) is 2.33. The lowest BCUT2D eigenvalue weighted by Gasteiger charge is -2.16. The molecule has 1 aromatic rings. The zero-order valence-electron chi connectivity index (χ0n) is 13.2. The average Bonchev–Trinajstić information content (AvgIpc) is 2.92. The maximum atomic E-state index is 11.9. The lowest BCUT2D eigenvalue weighted by molar-refractivity contribution is -0.0416. The Morgan fingerprint density at radius 1 is 1.54 bits per heavy atom. The topological polar surface area (TPSA) is 148 Å². The molecule has 0 amide bonds. The SMILES string of the molecule is CCOC(=O)OC[C@H]1O[C@@H](n2cc(C)c(=O)[nH]c2=O)C[C@@H]1N=[N+]=[N-]. The summed E-state index contributed by atoms with van der Waals surface area (Å²) in [6.45, 7) is 3.17. The van der Waals surface area contributed by atoms with Crippen LogP contribution in [-0.4, -0.2) is 41.1 Å². The summed E-state index contributed by atoms with van der Waals surface area (Å²) >= 11 is 0. The maximum absolute atomic E-state index is 11.9. The number of hydrogen-bond donors (Lipinski definition) is 1. The van der Waals surface area contributed by atoms with Gasteiger partial charge in [0.05, 0.1) is 12.6 Å². The molecule has 130 valence electrons. The van der Waals surface area contributed by atoms with Gasteiger partial charge in [0, 0.05) is 23.1 Å². The van der Waals surface area contributed by atoms with E-state index in [0.717, 1.165) is 0 Å². The van der Waals surface area contributed by atoms with Gasteiger partial charge < -0.3 is 14.2 Å². The van der Waals surface area contributed by atoms with E-state index in [0.29, 0.717) is 5.56 Å². The minimum absolute atomic E-state index is 0.165. The number of azide groups is 1. The molecular formula is C13H17N5O6. The monoisotopic (exact) mass is 339 g/mol. The zero-order chi connectivity index (χ0) is 17.7. The summed E-state index contributed by atoms with van der Waals surface area (Å²) in [7, 11) is 0. The predicted molar refractivity (Wildman–Crippen MR) is 80.5 cm³/mol. The standard InChI is InChI=1S/C13H17N5O6/c1-3-22-13(21)23-6-9-8(16-17-14)4-10(24-9)18-5-7(2)11(19)15-12(18)20/h5,8-10H,3-4,6H2,1-2H3,(H,15,19,20)/t8-,9+,10+/m0/s1. The highest BCUT2D eigenvalue weighted by Crippen LogP contribution is 2.30. The third-order valence-corrected chi connectivity index (χ3v) is 3.49. The third-order valence-electron chi connectivity index (χ3n) is 3.49. The molecule has 1 aliphatic heterocycles. The van der Waals surface area contributed by atoms with Crippen molar-refractivity contribution in [1.82, 2.24) is 9.55 Å². The van der Waals surface area contributed by atoms with E-state index in [9.17, 15) is 14.4 Å². The number of aryl methyl sites for hydroxylation is 1. The molecule has 1 saturated heterocycles. The largest absolute Gasteiger partial charge is 0.508 e. The van der Waals surface area contributed by atoms with Crippen LogP contribution in [0.4, 0.5) is 4.79 Å². The lowest BCUT2D eigenvalue weighted by atomic mass is 10.1. The minimum atomic E-state index is -0.860. The van der Waals surface area contributed by atoms with Crippen molar-refractivity contribution >= 4 is 6.16 Å². The Hall–Kier alpha value is -2.78. The van der Waals surface area contributed by atoms with Gasteiger partial charge in [0.1, 0.15) is 18.9 Å². The van der Waals surface area contributed by atoms with Crippen molar-refractivity contribution in [2.75, 3.05) is 13.2 Å². The second-order valence-electron chi connectivity index (χ2n) is 5.11. The first kappa shape index (κ1) is 17.6. The van der Waals surface area contributed by atoms with Gasteiger partial charge >= 0.3 is 11.8 Å². The molecule has 0 saturated carbocycles. The second-order valence-corrected chi connectivity index (χ2v) is 5.11. The van der Waals surface area contributed by atoms with Gasteiger partial charge in [0.25, 0.3) is 5.56 Å². The molecule has 11 heteroatoms. The molecule has 1 aliphatic rings. The van der Waals surface area contributed by atoms with Gasteiger partial charge in [-0.1, -0.05) is 5.11 Å².